The molecular weight excluding hydrogens is 266 g/mol. The highest BCUT2D eigenvalue weighted by molar-refractivity contribution is 7.85. The molecule has 1 saturated heterocycles. The molecule has 6 heteroatoms. The molecule has 2 rings (SSSR count). The molecule has 0 spiro atoms. The first-order chi connectivity index (χ1) is 8.96. The van der Waals surface area contributed by atoms with Gasteiger partial charge in [-0.3, -0.25) is 8.98 Å². The van der Waals surface area contributed by atoms with Crippen LogP contribution in [-0.4, -0.2) is 38.6 Å². The lowest BCUT2D eigenvalue weighted by atomic mass is 10.1. The van der Waals surface area contributed by atoms with E-state index >= 15 is 0 Å². The SMILES string of the molecule is CS(=O)(=O)OCc1cccc(C(=O)N2CCCC2)c1. The van der Waals surface area contributed by atoms with Gasteiger partial charge in [0.1, 0.15) is 0 Å². The zero-order valence-electron chi connectivity index (χ0n) is 10.8. The van der Waals surface area contributed by atoms with Gasteiger partial charge in [0.25, 0.3) is 16.0 Å². The molecule has 104 valence electrons. The highest BCUT2D eigenvalue weighted by Gasteiger charge is 2.19. The summed E-state index contributed by atoms with van der Waals surface area (Å²) in [6, 6.07) is 6.91. The Morgan fingerprint density at radius 2 is 2.00 bits per heavy atom. The van der Waals surface area contributed by atoms with Crippen LogP contribution in [0.3, 0.4) is 0 Å². The number of hydrogen-bond acceptors (Lipinski definition) is 4. The van der Waals surface area contributed by atoms with Gasteiger partial charge in [-0.25, -0.2) is 0 Å². The number of carbonyl (C=O) groups excluding carboxylic acids is 1. The molecule has 0 atom stereocenters. The van der Waals surface area contributed by atoms with Crippen LogP contribution in [0.4, 0.5) is 0 Å². The van der Waals surface area contributed by atoms with Crippen LogP contribution in [0.1, 0.15) is 28.8 Å². The lowest BCUT2D eigenvalue weighted by Gasteiger charge is -2.15. The number of carbonyl (C=O) groups is 1. The van der Waals surface area contributed by atoms with Gasteiger partial charge in [-0.15, -0.1) is 0 Å². The van der Waals surface area contributed by atoms with Gasteiger partial charge in [0.05, 0.1) is 12.9 Å². The number of likely N-dealkylation sites (tertiary alicyclic amines) is 1. The molecule has 1 fully saturated rings. The molecule has 1 aromatic rings. The monoisotopic (exact) mass is 283 g/mol. The maximum atomic E-state index is 12.2. The van der Waals surface area contributed by atoms with Gasteiger partial charge in [-0.2, -0.15) is 8.42 Å². The van der Waals surface area contributed by atoms with Crippen molar-refractivity contribution in [3.63, 3.8) is 0 Å². The Bertz CT molecular complexity index is 562. The predicted octanol–water partition coefficient (Wildman–Crippen LogP) is 1.40. The second-order valence-electron chi connectivity index (χ2n) is 4.67. The first kappa shape index (κ1) is 14.0. The number of rotatable bonds is 4. The van der Waals surface area contributed by atoms with Crippen LogP contribution in [0.2, 0.25) is 0 Å². The van der Waals surface area contributed by atoms with E-state index in [-0.39, 0.29) is 12.5 Å². The van der Waals surface area contributed by atoms with Crippen LogP contribution in [0.5, 0.6) is 0 Å². The van der Waals surface area contributed by atoms with Crippen LogP contribution >= 0.6 is 0 Å². The van der Waals surface area contributed by atoms with E-state index in [4.69, 9.17) is 4.18 Å². The topological polar surface area (TPSA) is 63.7 Å². The highest BCUT2D eigenvalue weighted by Crippen LogP contribution is 2.14. The van der Waals surface area contributed by atoms with Crippen molar-refractivity contribution in [2.45, 2.75) is 19.4 Å². The molecule has 1 amide bonds. The van der Waals surface area contributed by atoms with E-state index < -0.39 is 10.1 Å². The van der Waals surface area contributed by atoms with Crippen molar-refractivity contribution in [3.8, 4) is 0 Å². The number of hydrogen-bond donors (Lipinski definition) is 0. The van der Waals surface area contributed by atoms with Crippen molar-refractivity contribution in [1.82, 2.24) is 4.90 Å². The molecule has 19 heavy (non-hydrogen) atoms. The van der Waals surface area contributed by atoms with Crippen LogP contribution in [0.15, 0.2) is 24.3 Å². The second-order valence-corrected chi connectivity index (χ2v) is 6.31. The Labute approximate surface area is 113 Å². The first-order valence-corrected chi connectivity index (χ1v) is 8.00. The minimum atomic E-state index is -3.47. The molecule has 0 saturated carbocycles. The van der Waals surface area contributed by atoms with Gasteiger partial charge in [-0.1, -0.05) is 12.1 Å². The second kappa shape index (κ2) is 5.71. The lowest BCUT2D eigenvalue weighted by molar-refractivity contribution is 0.0792. The van der Waals surface area contributed by atoms with Gasteiger partial charge in [0, 0.05) is 18.7 Å². The number of nitrogens with zero attached hydrogens (tertiary/aromatic N) is 1. The van der Waals surface area contributed by atoms with Crippen molar-refractivity contribution in [2.75, 3.05) is 19.3 Å². The largest absolute Gasteiger partial charge is 0.339 e. The van der Waals surface area contributed by atoms with E-state index in [0.717, 1.165) is 32.2 Å². The molecule has 0 aliphatic carbocycles. The summed E-state index contributed by atoms with van der Waals surface area (Å²) in [4.78, 5) is 14.0. The summed E-state index contributed by atoms with van der Waals surface area (Å²) in [5.74, 6) is -0.00120. The molecule has 0 bridgehead atoms. The van der Waals surface area contributed by atoms with Crippen LogP contribution in [0, 0.1) is 0 Å². The van der Waals surface area contributed by atoms with E-state index in [9.17, 15) is 13.2 Å². The molecule has 0 unspecified atom stereocenters. The summed E-state index contributed by atoms with van der Waals surface area (Å²) in [6.45, 7) is 1.55. The van der Waals surface area contributed by atoms with Gasteiger partial charge in [-0.05, 0) is 30.5 Å². The molecule has 0 N–H and O–H groups in total. The molecule has 1 aliphatic rings. The Morgan fingerprint density at radius 3 is 2.63 bits per heavy atom. The first-order valence-electron chi connectivity index (χ1n) is 6.18. The van der Waals surface area contributed by atoms with Crippen molar-refractivity contribution >= 4 is 16.0 Å². The summed E-state index contributed by atoms with van der Waals surface area (Å²) in [6.07, 6.45) is 3.09. The van der Waals surface area contributed by atoms with E-state index in [2.05, 4.69) is 0 Å². The lowest BCUT2D eigenvalue weighted by Crippen LogP contribution is -2.27. The zero-order valence-corrected chi connectivity index (χ0v) is 11.6. The van der Waals surface area contributed by atoms with Crippen LogP contribution in [-0.2, 0) is 20.9 Å². The van der Waals surface area contributed by atoms with E-state index in [1.807, 2.05) is 4.90 Å². The normalized spacial score (nSPS) is 15.7. The van der Waals surface area contributed by atoms with Gasteiger partial charge in [0.2, 0.25) is 0 Å². The fourth-order valence-electron chi connectivity index (χ4n) is 2.07. The third-order valence-electron chi connectivity index (χ3n) is 3.01. The fraction of sp³-hybridized carbons (Fsp3) is 0.462. The number of benzene rings is 1. The summed E-state index contributed by atoms with van der Waals surface area (Å²) in [5.41, 5.74) is 1.26. The smallest absolute Gasteiger partial charge is 0.264 e. The van der Waals surface area contributed by atoms with Gasteiger partial charge < -0.3 is 4.90 Å². The van der Waals surface area contributed by atoms with Gasteiger partial charge >= 0.3 is 0 Å². The molecular formula is C13H17NO4S. The zero-order chi connectivity index (χ0) is 13.9. The Balaban J connectivity index is 2.08. The van der Waals surface area contributed by atoms with Gasteiger partial charge in [0.15, 0.2) is 0 Å². The quantitative estimate of drug-likeness (QED) is 0.784. The molecule has 0 aromatic heterocycles. The predicted molar refractivity (Wildman–Crippen MR) is 71.2 cm³/mol. The third kappa shape index (κ3) is 4.04. The Kier molecular flexibility index (Phi) is 4.21. The van der Waals surface area contributed by atoms with Crippen molar-refractivity contribution in [3.05, 3.63) is 35.4 Å². The number of amides is 1. The van der Waals surface area contributed by atoms with E-state index in [0.29, 0.717) is 11.1 Å². The highest BCUT2D eigenvalue weighted by atomic mass is 32.2. The van der Waals surface area contributed by atoms with Crippen molar-refractivity contribution in [1.29, 1.82) is 0 Å². The van der Waals surface area contributed by atoms with E-state index in [1.54, 1.807) is 24.3 Å². The summed E-state index contributed by atoms with van der Waals surface area (Å²) >= 11 is 0. The maximum Gasteiger partial charge on any atom is 0.264 e. The van der Waals surface area contributed by atoms with Crippen molar-refractivity contribution < 1.29 is 17.4 Å². The van der Waals surface area contributed by atoms with Crippen LogP contribution < -0.4 is 0 Å². The fourth-order valence-corrected chi connectivity index (χ4v) is 2.42. The summed E-state index contributed by atoms with van der Waals surface area (Å²) in [5, 5.41) is 0. The minimum absolute atomic E-state index is 0.00120. The third-order valence-corrected chi connectivity index (χ3v) is 3.55. The Hall–Kier alpha value is -1.40. The standard InChI is InChI=1S/C13H17NO4S/c1-19(16,17)18-10-11-5-4-6-12(9-11)13(15)14-7-2-3-8-14/h4-6,9H,2-3,7-8,10H2,1H3. The average Bonchev–Trinajstić information content (AvgIpc) is 2.89. The maximum absolute atomic E-state index is 12.2. The van der Waals surface area contributed by atoms with Crippen molar-refractivity contribution in [2.24, 2.45) is 0 Å². The van der Waals surface area contributed by atoms with E-state index in [1.165, 1.54) is 0 Å². The Morgan fingerprint density at radius 1 is 1.32 bits per heavy atom. The van der Waals surface area contributed by atoms with Crippen LogP contribution in [0.25, 0.3) is 0 Å². The molecule has 0 radical (unpaired) electrons. The molecule has 1 aromatic carbocycles. The average molecular weight is 283 g/mol. The molecule has 5 nitrogen and oxygen atoms in total. The summed E-state index contributed by atoms with van der Waals surface area (Å²) in [7, 11) is -3.47. The summed E-state index contributed by atoms with van der Waals surface area (Å²) < 4.78 is 26.6. The minimum Gasteiger partial charge on any atom is -0.339 e. The molecule has 1 aliphatic heterocycles. The molecule has 1 heterocycles.